The number of aliphatic hydroxyl groups is 2. The molecule has 4 atom stereocenters. The number of phenolic OH excluding ortho intramolecular Hbond substituents is 1. The maximum absolute atomic E-state index is 14.5. The number of anilines is 1. The topological polar surface area (TPSA) is 220 Å². The molecule has 1 saturated carbocycles. The third-order valence-corrected chi connectivity index (χ3v) is 8.59. The van der Waals surface area contributed by atoms with Crippen LogP contribution in [0.3, 0.4) is 0 Å². The molecule has 1 aromatic rings. The van der Waals surface area contributed by atoms with Crippen LogP contribution in [0.25, 0.3) is 5.76 Å². The number of aromatic hydroxyl groups is 1. The quantitative estimate of drug-likeness (QED) is 0.161. The molecular weight excluding hydrogens is 540 g/mol. The van der Waals surface area contributed by atoms with Crippen molar-refractivity contribution in [1.29, 1.82) is 5.26 Å². The summed E-state index contributed by atoms with van der Waals surface area (Å²) in [5.41, 5.74) is 12.3. The Balaban J connectivity index is 2.10. The monoisotopic (exact) mass is 576 g/mol. The number of carbonyl (C=O) groups is 3. The number of likely N-dealkylation sites (N-methyl/N-ethyl adjacent to an activating group) is 1. The van der Waals surface area contributed by atoms with Crippen molar-refractivity contribution in [3.63, 3.8) is 0 Å². The van der Waals surface area contributed by atoms with Gasteiger partial charge in [0.25, 0.3) is 5.91 Å². The number of nitrogens with two attached hydrogens (primary N) is 3. The molecule has 0 bridgehead atoms. The number of hydrogen-bond acceptors (Lipinski definition) is 11. The molecular formula is C30H36N6O6. The number of fused-ring (bicyclic) bond motifs is 3. The number of nitrogens with zero attached hydrogens (tertiary/aromatic N) is 3. The van der Waals surface area contributed by atoms with E-state index >= 15 is 0 Å². The van der Waals surface area contributed by atoms with Crippen LogP contribution in [0.15, 0.2) is 23.0 Å². The molecule has 42 heavy (non-hydrogen) atoms. The van der Waals surface area contributed by atoms with E-state index in [1.807, 2.05) is 6.92 Å². The molecule has 0 aliphatic heterocycles. The number of ketones is 2. The molecule has 0 unspecified atom stereocenters. The second kappa shape index (κ2) is 10.2. The Morgan fingerprint density at radius 2 is 1.81 bits per heavy atom. The smallest absolute Gasteiger partial charge is 0.255 e. The van der Waals surface area contributed by atoms with Gasteiger partial charge < -0.3 is 37.4 Å². The van der Waals surface area contributed by atoms with Gasteiger partial charge in [0, 0.05) is 26.2 Å². The highest BCUT2D eigenvalue weighted by atomic mass is 16.3. The van der Waals surface area contributed by atoms with Crippen LogP contribution >= 0.6 is 0 Å². The number of primary amides is 1. The second-order valence-corrected chi connectivity index (χ2v) is 11.7. The fraction of sp³-hybridized carbons (Fsp3) is 0.467. The number of unbranched alkanes of at least 4 members (excludes halogenated alkanes) is 2. The zero-order valence-electron chi connectivity index (χ0n) is 24.3. The van der Waals surface area contributed by atoms with Crippen molar-refractivity contribution >= 4 is 28.9 Å². The molecule has 12 heteroatoms. The lowest BCUT2D eigenvalue weighted by atomic mass is 9.47. The molecule has 0 spiro atoms. The number of aliphatic hydroxyl groups excluding tert-OH is 2. The van der Waals surface area contributed by atoms with Gasteiger partial charge >= 0.3 is 0 Å². The highest BCUT2D eigenvalue weighted by molar-refractivity contribution is 6.25. The van der Waals surface area contributed by atoms with E-state index < -0.39 is 69.1 Å². The number of carbonyl (C=O) groups excluding carboxylic acids is 3. The molecule has 9 N–H and O–H groups in total. The Hall–Kier alpha value is -4.36. The third-order valence-electron chi connectivity index (χ3n) is 8.59. The first-order chi connectivity index (χ1) is 19.6. The Morgan fingerprint density at radius 3 is 2.33 bits per heavy atom. The maximum atomic E-state index is 14.5. The first kappa shape index (κ1) is 30.6. The number of benzene rings is 1. The molecule has 0 aromatic heterocycles. The van der Waals surface area contributed by atoms with E-state index in [4.69, 9.17) is 17.2 Å². The van der Waals surface area contributed by atoms with E-state index in [-0.39, 0.29) is 23.3 Å². The summed E-state index contributed by atoms with van der Waals surface area (Å²) >= 11 is 0. The van der Waals surface area contributed by atoms with Crippen LogP contribution in [0.2, 0.25) is 0 Å². The summed E-state index contributed by atoms with van der Waals surface area (Å²) in [7, 11) is 6.46. The summed E-state index contributed by atoms with van der Waals surface area (Å²) in [6.45, 7) is 2.03. The number of hydrogen-bond donors (Lipinski definition) is 6. The van der Waals surface area contributed by atoms with Gasteiger partial charge in [-0.15, -0.1) is 0 Å². The number of amides is 1. The van der Waals surface area contributed by atoms with E-state index in [2.05, 4.69) is 11.8 Å². The number of nitriles is 1. The zero-order chi connectivity index (χ0) is 31.5. The lowest BCUT2D eigenvalue weighted by Gasteiger charge is -2.58. The van der Waals surface area contributed by atoms with Gasteiger partial charge in [0.1, 0.15) is 22.8 Å². The maximum Gasteiger partial charge on any atom is 0.255 e. The summed E-state index contributed by atoms with van der Waals surface area (Å²) in [6, 6.07) is 1.98. The summed E-state index contributed by atoms with van der Waals surface area (Å²) in [5, 5.41) is 44.9. The van der Waals surface area contributed by atoms with Gasteiger partial charge in [0.2, 0.25) is 0 Å². The van der Waals surface area contributed by atoms with Crippen LogP contribution in [0.5, 0.6) is 5.75 Å². The molecule has 4 rings (SSSR count). The van der Waals surface area contributed by atoms with Gasteiger partial charge in [0.05, 0.1) is 39.9 Å². The van der Waals surface area contributed by atoms with Crippen molar-refractivity contribution in [3.8, 4) is 23.7 Å². The van der Waals surface area contributed by atoms with Crippen LogP contribution in [-0.4, -0.2) is 83.0 Å². The van der Waals surface area contributed by atoms with Crippen LogP contribution in [-0.2, 0) is 20.8 Å². The van der Waals surface area contributed by atoms with E-state index in [0.29, 0.717) is 17.7 Å². The van der Waals surface area contributed by atoms with Crippen molar-refractivity contribution in [2.75, 3.05) is 33.1 Å². The molecule has 0 heterocycles. The predicted octanol–water partition coefficient (Wildman–Crippen LogP) is 0.513. The normalized spacial score (nSPS) is 28.4. The molecule has 3 aliphatic carbocycles. The van der Waals surface area contributed by atoms with Gasteiger partial charge in [0.15, 0.2) is 17.0 Å². The molecule has 1 amide bonds. The van der Waals surface area contributed by atoms with Gasteiger partial charge in [-0.1, -0.05) is 25.2 Å². The number of phenols is 1. The summed E-state index contributed by atoms with van der Waals surface area (Å²) in [4.78, 5) is 43.4. The third kappa shape index (κ3) is 3.91. The van der Waals surface area contributed by atoms with Crippen LogP contribution in [0.4, 0.5) is 5.69 Å². The van der Waals surface area contributed by atoms with Gasteiger partial charge in [-0.25, -0.2) is 0 Å². The molecule has 12 nitrogen and oxygen atoms in total. The van der Waals surface area contributed by atoms with Crippen LogP contribution in [0, 0.1) is 28.6 Å². The predicted molar refractivity (Wildman–Crippen MR) is 155 cm³/mol. The Bertz CT molecular complexity index is 1590. The van der Waals surface area contributed by atoms with Crippen molar-refractivity contribution in [2.24, 2.45) is 22.6 Å². The van der Waals surface area contributed by atoms with Crippen LogP contribution < -0.4 is 22.1 Å². The highest BCUT2D eigenvalue weighted by Gasteiger charge is 2.74. The summed E-state index contributed by atoms with van der Waals surface area (Å²) in [5.74, 6) is 0.183. The Morgan fingerprint density at radius 1 is 1.17 bits per heavy atom. The standard InChI is InChI=1S/C30H36N6O6/c1-6-7-8-9-10-15-11-17(35(2)3)16-12-28(33)13-30(34)24(36(4)5)23(39)19(27(32)42)25(40)29(30,14-31)26(41)20(28)22(38)18(16)21(15)37/h11,24,37-38,40H,6-8,12-13,33-34H2,1-5H3,(H2,32,42)/t24-,28-,29+,30-/m1/s1. The first-order valence-corrected chi connectivity index (χ1v) is 13.5. The minimum atomic E-state index is -2.71. The molecule has 1 fully saturated rings. The van der Waals surface area contributed by atoms with Crippen molar-refractivity contribution in [1.82, 2.24) is 4.90 Å². The fourth-order valence-electron chi connectivity index (χ4n) is 6.80. The molecule has 0 saturated heterocycles. The molecule has 222 valence electrons. The SMILES string of the molecule is CCCCC#Cc1cc(N(C)C)c2c(c1O)C(O)=C1C(=O)[C@]3(C#N)C(O)=C(C(N)=O)C(=O)[C@@H](N(C)C)[C@]3(N)C[C@]1(N)C2. The lowest BCUT2D eigenvalue weighted by Crippen LogP contribution is -2.80. The average Bonchev–Trinajstić information content (AvgIpc) is 2.86. The first-order valence-electron chi connectivity index (χ1n) is 13.5. The van der Waals surface area contributed by atoms with E-state index in [1.165, 1.54) is 19.0 Å². The van der Waals surface area contributed by atoms with Crippen molar-refractivity contribution in [2.45, 2.75) is 56.1 Å². The Kier molecular flexibility index (Phi) is 7.41. The summed E-state index contributed by atoms with van der Waals surface area (Å²) < 4.78 is 0. The minimum absolute atomic E-state index is 0.0855. The van der Waals surface area contributed by atoms with Gasteiger partial charge in [-0.2, -0.15) is 5.26 Å². The highest BCUT2D eigenvalue weighted by Crippen LogP contribution is 2.59. The van der Waals surface area contributed by atoms with Crippen molar-refractivity contribution < 1.29 is 29.7 Å². The lowest BCUT2D eigenvalue weighted by molar-refractivity contribution is -0.139. The zero-order valence-corrected chi connectivity index (χ0v) is 24.3. The number of Topliss-reactive ketones (excluding diaryl/α,β-unsaturated/α-hetero) is 2. The minimum Gasteiger partial charge on any atom is -0.509 e. The van der Waals surface area contributed by atoms with Crippen LogP contribution in [0.1, 0.15) is 49.3 Å². The van der Waals surface area contributed by atoms with E-state index in [0.717, 1.165) is 12.8 Å². The summed E-state index contributed by atoms with van der Waals surface area (Å²) in [6.07, 6.45) is 1.82. The number of rotatable bonds is 5. The fourth-order valence-corrected chi connectivity index (χ4v) is 6.80. The molecule has 0 radical (unpaired) electrons. The van der Waals surface area contributed by atoms with E-state index in [9.17, 15) is 35.0 Å². The second-order valence-electron chi connectivity index (χ2n) is 11.7. The molecule has 1 aromatic carbocycles. The Labute approximate surface area is 244 Å². The van der Waals surface area contributed by atoms with Crippen molar-refractivity contribution in [3.05, 3.63) is 39.7 Å². The molecule has 3 aliphatic rings. The average molecular weight is 577 g/mol. The van der Waals surface area contributed by atoms with Gasteiger partial charge in [-0.05, 0) is 45.0 Å². The largest absolute Gasteiger partial charge is 0.509 e. The van der Waals surface area contributed by atoms with E-state index in [1.54, 1.807) is 31.1 Å². The van der Waals surface area contributed by atoms with Gasteiger partial charge in [-0.3, -0.25) is 19.3 Å².